The number of esters is 1. The van der Waals surface area contributed by atoms with Gasteiger partial charge in [0.05, 0.1) is 20.3 Å². The summed E-state index contributed by atoms with van der Waals surface area (Å²) in [6, 6.07) is 5.67. The Morgan fingerprint density at radius 3 is 2.12 bits per heavy atom. The van der Waals surface area contributed by atoms with Crippen LogP contribution in [0, 0.1) is 0 Å². The summed E-state index contributed by atoms with van der Waals surface area (Å²) in [5, 5.41) is 0. The molecule has 1 aromatic carbocycles. The standard InChI is InChI=1S/C18H28O6/c1-4-21-10-12-23-16-8-6-15(7-9-18(19)20-3)14-17(16)24-13-11-22-5-2/h6,8,14H,4-5,7,9-13H2,1-3H3. The highest BCUT2D eigenvalue weighted by Gasteiger charge is 2.09. The van der Waals surface area contributed by atoms with Gasteiger partial charge in [-0.3, -0.25) is 4.79 Å². The molecule has 6 heteroatoms. The average Bonchev–Trinajstić information content (AvgIpc) is 2.61. The van der Waals surface area contributed by atoms with Crippen molar-refractivity contribution >= 4 is 5.97 Å². The Kier molecular flexibility index (Phi) is 10.6. The van der Waals surface area contributed by atoms with Crippen LogP contribution in [-0.2, 0) is 25.4 Å². The van der Waals surface area contributed by atoms with Crippen molar-refractivity contribution in [3.05, 3.63) is 23.8 Å². The van der Waals surface area contributed by atoms with Gasteiger partial charge in [0.15, 0.2) is 11.5 Å². The summed E-state index contributed by atoms with van der Waals surface area (Å²) in [7, 11) is 1.39. The smallest absolute Gasteiger partial charge is 0.305 e. The van der Waals surface area contributed by atoms with Gasteiger partial charge in [0, 0.05) is 19.6 Å². The molecule has 0 aliphatic carbocycles. The molecule has 0 amide bonds. The molecule has 0 aliphatic heterocycles. The van der Waals surface area contributed by atoms with E-state index in [1.54, 1.807) is 0 Å². The van der Waals surface area contributed by atoms with Crippen LogP contribution in [0.15, 0.2) is 18.2 Å². The van der Waals surface area contributed by atoms with E-state index in [0.29, 0.717) is 64.0 Å². The minimum Gasteiger partial charge on any atom is -0.487 e. The second kappa shape index (κ2) is 12.6. The topological polar surface area (TPSA) is 63.2 Å². The van der Waals surface area contributed by atoms with Gasteiger partial charge in [-0.1, -0.05) is 6.07 Å². The molecule has 136 valence electrons. The number of hydrogen-bond acceptors (Lipinski definition) is 6. The first-order valence-electron chi connectivity index (χ1n) is 8.32. The normalized spacial score (nSPS) is 10.5. The van der Waals surface area contributed by atoms with Crippen molar-refractivity contribution in [2.45, 2.75) is 26.7 Å². The lowest BCUT2D eigenvalue weighted by molar-refractivity contribution is -0.140. The molecule has 0 radical (unpaired) electrons. The van der Waals surface area contributed by atoms with Crippen LogP contribution in [0.3, 0.4) is 0 Å². The van der Waals surface area contributed by atoms with Crippen LogP contribution in [0.1, 0.15) is 25.8 Å². The number of benzene rings is 1. The fourth-order valence-corrected chi connectivity index (χ4v) is 2.00. The lowest BCUT2D eigenvalue weighted by Crippen LogP contribution is -2.10. The number of methoxy groups -OCH3 is 1. The largest absolute Gasteiger partial charge is 0.487 e. The second-order valence-electron chi connectivity index (χ2n) is 4.95. The Morgan fingerprint density at radius 1 is 0.917 bits per heavy atom. The molecule has 0 heterocycles. The molecule has 0 aromatic heterocycles. The molecule has 6 nitrogen and oxygen atoms in total. The van der Waals surface area contributed by atoms with Crippen molar-refractivity contribution in [2.75, 3.05) is 46.8 Å². The maximum Gasteiger partial charge on any atom is 0.305 e. The van der Waals surface area contributed by atoms with Gasteiger partial charge in [0.1, 0.15) is 13.2 Å². The van der Waals surface area contributed by atoms with Crippen LogP contribution in [0.5, 0.6) is 11.5 Å². The minimum absolute atomic E-state index is 0.231. The molecule has 0 bridgehead atoms. The van der Waals surface area contributed by atoms with Crippen LogP contribution < -0.4 is 9.47 Å². The number of ether oxygens (including phenoxy) is 5. The summed E-state index contributed by atoms with van der Waals surface area (Å²) in [4.78, 5) is 11.3. The third-order valence-electron chi connectivity index (χ3n) is 3.23. The molecule has 0 fully saturated rings. The molecule has 24 heavy (non-hydrogen) atoms. The van der Waals surface area contributed by atoms with Gasteiger partial charge in [-0.05, 0) is 38.0 Å². The van der Waals surface area contributed by atoms with Crippen molar-refractivity contribution in [3.63, 3.8) is 0 Å². The van der Waals surface area contributed by atoms with Gasteiger partial charge < -0.3 is 23.7 Å². The number of carbonyl (C=O) groups is 1. The molecule has 1 rings (SSSR count). The predicted molar refractivity (Wildman–Crippen MR) is 90.8 cm³/mol. The second-order valence-corrected chi connectivity index (χ2v) is 4.95. The third kappa shape index (κ3) is 8.17. The molecular weight excluding hydrogens is 312 g/mol. The highest BCUT2D eigenvalue weighted by molar-refractivity contribution is 5.69. The average molecular weight is 340 g/mol. The molecule has 0 atom stereocenters. The number of aryl methyl sites for hydroxylation is 1. The summed E-state index contributed by atoms with van der Waals surface area (Å²) in [6.07, 6.45) is 0.924. The summed E-state index contributed by atoms with van der Waals surface area (Å²) in [5.41, 5.74) is 0.990. The van der Waals surface area contributed by atoms with Crippen LogP contribution in [0.25, 0.3) is 0 Å². The van der Waals surface area contributed by atoms with Crippen LogP contribution in [0.2, 0.25) is 0 Å². The zero-order valence-corrected chi connectivity index (χ0v) is 14.8. The predicted octanol–water partition coefficient (Wildman–Crippen LogP) is 2.62. The van der Waals surface area contributed by atoms with E-state index in [1.807, 2.05) is 32.0 Å². The fraction of sp³-hybridized carbons (Fsp3) is 0.611. The Labute approximate surface area is 144 Å². The molecular formula is C18H28O6. The molecule has 1 aromatic rings. The highest BCUT2D eigenvalue weighted by atomic mass is 16.6. The van der Waals surface area contributed by atoms with Gasteiger partial charge in [-0.2, -0.15) is 0 Å². The van der Waals surface area contributed by atoms with Crippen LogP contribution in [-0.4, -0.2) is 52.7 Å². The molecule has 0 saturated carbocycles. The van der Waals surface area contributed by atoms with Gasteiger partial charge in [-0.25, -0.2) is 0 Å². The number of hydrogen-bond donors (Lipinski definition) is 0. The van der Waals surface area contributed by atoms with Crippen LogP contribution in [0.4, 0.5) is 0 Å². The fourth-order valence-electron chi connectivity index (χ4n) is 2.00. The van der Waals surface area contributed by atoms with Crippen molar-refractivity contribution < 1.29 is 28.5 Å². The zero-order valence-electron chi connectivity index (χ0n) is 14.8. The molecule has 0 saturated heterocycles. The van der Waals surface area contributed by atoms with Crippen molar-refractivity contribution in [1.29, 1.82) is 0 Å². The van der Waals surface area contributed by atoms with Crippen molar-refractivity contribution in [3.8, 4) is 11.5 Å². The third-order valence-corrected chi connectivity index (χ3v) is 3.23. The number of carbonyl (C=O) groups excluding carboxylic acids is 1. The summed E-state index contributed by atoms with van der Waals surface area (Å²) >= 11 is 0. The maximum atomic E-state index is 11.3. The van der Waals surface area contributed by atoms with E-state index in [1.165, 1.54) is 7.11 Å². The lowest BCUT2D eigenvalue weighted by atomic mass is 10.1. The van der Waals surface area contributed by atoms with Crippen molar-refractivity contribution in [1.82, 2.24) is 0 Å². The van der Waals surface area contributed by atoms with Gasteiger partial charge >= 0.3 is 5.97 Å². The zero-order chi connectivity index (χ0) is 17.6. The Morgan fingerprint density at radius 2 is 1.54 bits per heavy atom. The summed E-state index contributed by atoms with van der Waals surface area (Å²) in [6.45, 7) is 7.13. The SMILES string of the molecule is CCOCCOc1ccc(CCC(=O)OC)cc1OCCOCC. The lowest BCUT2D eigenvalue weighted by Gasteiger charge is -2.14. The first kappa shape index (κ1) is 20.3. The van der Waals surface area contributed by atoms with E-state index in [-0.39, 0.29) is 5.97 Å². The molecule has 0 spiro atoms. The molecule has 0 unspecified atom stereocenters. The van der Waals surface area contributed by atoms with Gasteiger partial charge in [-0.15, -0.1) is 0 Å². The summed E-state index contributed by atoms with van der Waals surface area (Å²) < 4.78 is 26.7. The van der Waals surface area contributed by atoms with Crippen molar-refractivity contribution in [2.24, 2.45) is 0 Å². The Bertz CT molecular complexity index is 475. The van der Waals surface area contributed by atoms with Gasteiger partial charge in [0.25, 0.3) is 0 Å². The molecule has 0 aliphatic rings. The quantitative estimate of drug-likeness (QED) is 0.406. The number of rotatable bonds is 13. The Hall–Kier alpha value is -1.79. The minimum atomic E-state index is -0.231. The highest BCUT2D eigenvalue weighted by Crippen LogP contribution is 2.29. The van der Waals surface area contributed by atoms with E-state index >= 15 is 0 Å². The van der Waals surface area contributed by atoms with E-state index in [2.05, 4.69) is 4.74 Å². The summed E-state index contributed by atoms with van der Waals surface area (Å²) in [5.74, 6) is 1.08. The van der Waals surface area contributed by atoms with E-state index < -0.39 is 0 Å². The Balaban J connectivity index is 2.66. The van der Waals surface area contributed by atoms with E-state index in [9.17, 15) is 4.79 Å². The first-order chi connectivity index (χ1) is 11.7. The maximum absolute atomic E-state index is 11.3. The monoisotopic (exact) mass is 340 g/mol. The van der Waals surface area contributed by atoms with E-state index in [4.69, 9.17) is 18.9 Å². The van der Waals surface area contributed by atoms with Crippen LogP contribution >= 0.6 is 0 Å². The molecule has 0 N–H and O–H groups in total. The van der Waals surface area contributed by atoms with E-state index in [0.717, 1.165) is 5.56 Å². The first-order valence-corrected chi connectivity index (χ1v) is 8.32. The van der Waals surface area contributed by atoms with Gasteiger partial charge in [0.2, 0.25) is 0 Å².